The third kappa shape index (κ3) is 3.57. The van der Waals surface area contributed by atoms with E-state index in [9.17, 15) is 13.2 Å². The van der Waals surface area contributed by atoms with Gasteiger partial charge in [-0.15, -0.1) is 15.3 Å². The van der Waals surface area contributed by atoms with Crippen LogP contribution in [0.15, 0.2) is 35.1 Å². The van der Waals surface area contributed by atoms with E-state index in [1.54, 1.807) is 6.07 Å². The summed E-state index contributed by atoms with van der Waals surface area (Å²) in [6, 6.07) is 7.26. The van der Waals surface area contributed by atoms with Crippen molar-refractivity contribution < 1.29 is 13.2 Å². The smallest absolute Gasteiger partial charge is 0.355 e. The molecule has 2 fully saturated rings. The van der Waals surface area contributed by atoms with Gasteiger partial charge in [0.15, 0.2) is 5.65 Å². The molecule has 0 saturated carbocycles. The Balaban J connectivity index is 1.28. The van der Waals surface area contributed by atoms with E-state index in [0.29, 0.717) is 17.7 Å². The van der Waals surface area contributed by atoms with Gasteiger partial charge in [-0.05, 0) is 51.5 Å². The van der Waals surface area contributed by atoms with Crippen LogP contribution in [0.25, 0.3) is 5.65 Å². The standard InChI is InChI=1S/C18H17BrF3N7/c19-14-2-1-11(5-23-14)6-27-7-12-9-28(10-13(12)8-27)16-4-3-15-24-25-17(18(20,21)22)29(15)26-16/h1-5,12-13H,6-10H2. The maximum Gasteiger partial charge on any atom is 0.453 e. The molecule has 2 aliphatic rings. The summed E-state index contributed by atoms with van der Waals surface area (Å²) in [7, 11) is 0. The highest BCUT2D eigenvalue weighted by Crippen LogP contribution is 2.34. The van der Waals surface area contributed by atoms with Gasteiger partial charge in [-0.1, -0.05) is 6.07 Å². The maximum absolute atomic E-state index is 13.1. The summed E-state index contributed by atoms with van der Waals surface area (Å²) in [4.78, 5) is 8.75. The Morgan fingerprint density at radius 2 is 1.76 bits per heavy atom. The van der Waals surface area contributed by atoms with Crippen LogP contribution < -0.4 is 4.90 Å². The van der Waals surface area contributed by atoms with E-state index in [-0.39, 0.29) is 5.65 Å². The van der Waals surface area contributed by atoms with Crippen molar-refractivity contribution in [3.8, 4) is 0 Å². The maximum atomic E-state index is 13.1. The van der Waals surface area contributed by atoms with Gasteiger partial charge in [0.05, 0.1) is 0 Å². The summed E-state index contributed by atoms with van der Waals surface area (Å²) in [5.74, 6) is 0.377. The van der Waals surface area contributed by atoms with E-state index >= 15 is 0 Å². The van der Waals surface area contributed by atoms with E-state index in [1.165, 1.54) is 11.6 Å². The minimum Gasteiger partial charge on any atom is -0.355 e. The number of likely N-dealkylation sites (tertiary alicyclic amines) is 1. The van der Waals surface area contributed by atoms with Crippen LogP contribution >= 0.6 is 15.9 Å². The quantitative estimate of drug-likeness (QED) is 0.552. The van der Waals surface area contributed by atoms with Crippen molar-refractivity contribution >= 4 is 27.4 Å². The van der Waals surface area contributed by atoms with Crippen molar-refractivity contribution in [1.29, 1.82) is 0 Å². The molecule has 0 radical (unpaired) electrons. The zero-order chi connectivity index (χ0) is 20.2. The third-order valence-corrected chi connectivity index (χ3v) is 6.05. The molecule has 0 bridgehead atoms. The molecule has 2 saturated heterocycles. The Hall–Kier alpha value is -2.27. The number of pyridine rings is 1. The lowest BCUT2D eigenvalue weighted by Crippen LogP contribution is -2.29. The highest BCUT2D eigenvalue weighted by atomic mass is 79.9. The van der Waals surface area contributed by atoms with Gasteiger partial charge >= 0.3 is 6.18 Å². The molecule has 0 spiro atoms. The summed E-state index contributed by atoms with van der Waals surface area (Å²) < 4.78 is 40.9. The zero-order valence-electron chi connectivity index (χ0n) is 15.2. The first-order valence-corrected chi connectivity index (χ1v) is 10.0. The Labute approximate surface area is 172 Å². The molecule has 2 atom stereocenters. The van der Waals surface area contributed by atoms with Gasteiger partial charge in [-0.3, -0.25) is 4.90 Å². The number of nitrogens with zero attached hydrogens (tertiary/aromatic N) is 7. The number of fused-ring (bicyclic) bond motifs is 2. The van der Waals surface area contributed by atoms with E-state index in [4.69, 9.17) is 0 Å². The number of aromatic nitrogens is 5. The molecule has 7 nitrogen and oxygen atoms in total. The van der Waals surface area contributed by atoms with Gasteiger partial charge in [0.1, 0.15) is 10.4 Å². The van der Waals surface area contributed by atoms with Crippen LogP contribution in [0.3, 0.4) is 0 Å². The van der Waals surface area contributed by atoms with Crippen LogP contribution in [-0.2, 0) is 12.7 Å². The van der Waals surface area contributed by atoms with Crippen LogP contribution in [0.1, 0.15) is 11.4 Å². The molecule has 3 aromatic rings. The van der Waals surface area contributed by atoms with E-state index in [0.717, 1.165) is 41.8 Å². The first kappa shape index (κ1) is 18.7. The lowest BCUT2D eigenvalue weighted by atomic mass is 10.0. The Morgan fingerprint density at radius 3 is 2.41 bits per heavy atom. The largest absolute Gasteiger partial charge is 0.453 e. The fraction of sp³-hybridized carbons (Fsp3) is 0.444. The minimum atomic E-state index is -4.59. The minimum absolute atomic E-state index is 0.0924. The number of halogens is 4. The predicted octanol–water partition coefficient (Wildman–Crippen LogP) is 2.87. The van der Waals surface area contributed by atoms with Crippen LogP contribution in [0, 0.1) is 11.8 Å². The molecule has 29 heavy (non-hydrogen) atoms. The lowest BCUT2D eigenvalue weighted by molar-refractivity contribution is -0.146. The summed E-state index contributed by atoms with van der Waals surface area (Å²) >= 11 is 3.35. The summed E-state index contributed by atoms with van der Waals surface area (Å²) in [6.45, 7) is 4.33. The highest BCUT2D eigenvalue weighted by molar-refractivity contribution is 9.10. The number of alkyl halides is 3. The normalized spacial score (nSPS) is 22.6. The van der Waals surface area contributed by atoms with Gasteiger partial charge in [-0.25, -0.2) is 4.98 Å². The molecule has 152 valence electrons. The third-order valence-electron chi connectivity index (χ3n) is 5.58. The first-order chi connectivity index (χ1) is 13.9. The van der Waals surface area contributed by atoms with Crippen molar-refractivity contribution in [1.82, 2.24) is 29.7 Å². The number of anilines is 1. The molecule has 2 aliphatic heterocycles. The fourth-order valence-corrected chi connectivity index (χ4v) is 4.52. The van der Waals surface area contributed by atoms with Crippen molar-refractivity contribution in [3.05, 3.63) is 46.5 Å². The van der Waals surface area contributed by atoms with E-state index in [1.807, 2.05) is 12.3 Å². The summed E-state index contributed by atoms with van der Waals surface area (Å²) in [5, 5.41) is 11.0. The zero-order valence-corrected chi connectivity index (χ0v) is 16.8. The topological polar surface area (TPSA) is 62.5 Å². The van der Waals surface area contributed by atoms with E-state index < -0.39 is 12.0 Å². The molecule has 3 aromatic heterocycles. The van der Waals surface area contributed by atoms with Gasteiger partial charge in [0, 0.05) is 38.9 Å². The molecule has 5 heterocycles. The average Bonchev–Trinajstić information content (AvgIpc) is 3.35. The van der Waals surface area contributed by atoms with Crippen LogP contribution in [0.5, 0.6) is 0 Å². The lowest BCUT2D eigenvalue weighted by Gasteiger charge is -2.22. The van der Waals surface area contributed by atoms with Gasteiger partial charge < -0.3 is 4.90 Å². The second kappa shape index (κ2) is 6.91. The molecular weight excluding hydrogens is 451 g/mol. The Morgan fingerprint density at radius 1 is 1.00 bits per heavy atom. The molecule has 0 aromatic carbocycles. The SMILES string of the molecule is FC(F)(F)c1nnc2ccc(N3CC4CN(Cc5ccc(Br)nc5)CC4C3)nn12. The molecule has 0 N–H and O–H groups in total. The Kier molecular flexibility index (Phi) is 4.46. The van der Waals surface area contributed by atoms with E-state index in [2.05, 4.69) is 52.1 Å². The fourth-order valence-electron chi connectivity index (χ4n) is 4.29. The Bertz CT molecular complexity index is 1020. The second-order valence-electron chi connectivity index (χ2n) is 7.59. The first-order valence-electron chi connectivity index (χ1n) is 9.24. The van der Waals surface area contributed by atoms with Crippen LogP contribution in [0.4, 0.5) is 19.0 Å². The monoisotopic (exact) mass is 467 g/mol. The predicted molar refractivity (Wildman–Crippen MR) is 102 cm³/mol. The number of hydrogen-bond acceptors (Lipinski definition) is 6. The number of rotatable bonds is 3. The van der Waals surface area contributed by atoms with Gasteiger partial charge in [0.2, 0.25) is 0 Å². The van der Waals surface area contributed by atoms with Gasteiger partial charge in [0.25, 0.3) is 5.82 Å². The summed E-state index contributed by atoms with van der Waals surface area (Å²) in [5.41, 5.74) is 1.26. The second-order valence-corrected chi connectivity index (χ2v) is 8.40. The van der Waals surface area contributed by atoms with Crippen molar-refractivity contribution in [3.63, 3.8) is 0 Å². The van der Waals surface area contributed by atoms with Crippen LogP contribution in [-0.4, -0.2) is 55.9 Å². The summed E-state index contributed by atoms with van der Waals surface area (Å²) in [6.07, 6.45) is -2.71. The molecule has 5 rings (SSSR count). The number of hydrogen-bond donors (Lipinski definition) is 0. The molecular formula is C18H17BrF3N7. The molecule has 0 amide bonds. The molecule has 2 unspecified atom stereocenters. The van der Waals surface area contributed by atoms with Crippen LogP contribution in [0.2, 0.25) is 0 Å². The van der Waals surface area contributed by atoms with Crippen molar-refractivity contribution in [2.75, 3.05) is 31.1 Å². The highest BCUT2D eigenvalue weighted by Gasteiger charge is 2.41. The molecule has 0 aliphatic carbocycles. The van der Waals surface area contributed by atoms with Gasteiger partial charge in [-0.2, -0.15) is 17.7 Å². The molecule has 11 heteroatoms. The van der Waals surface area contributed by atoms with Crippen molar-refractivity contribution in [2.45, 2.75) is 12.7 Å². The average molecular weight is 468 g/mol. The van der Waals surface area contributed by atoms with Crippen molar-refractivity contribution in [2.24, 2.45) is 11.8 Å².